The van der Waals surface area contributed by atoms with Gasteiger partial charge in [0.05, 0.1) is 10.7 Å². The lowest BCUT2D eigenvalue weighted by atomic mass is 10.1. The highest BCUT2D eigenvalue weighted by Crippen LogP contribution is 2.28. The predicted octanol–water partition coefficient (Wildman–Crippen LogP) is 2.83. The average molecular weight is 227 g/mol. The number of benzene rings is 1. The van der Waals surface area contributed by atoms with Gasteiger partial charge in [-0.1, -0.05) is 25.4 Å². The molecule has 0 aliphatic carbocycles. The van der Waals surface area contributed by atoms with E-state index in [0.29, 0.717) is 16.4 Å². The van der Waals surface area contributed by atoms with E-state index in [2.05, 4.69) is 5.32 Å². The first-order chi connectivity index (χ1) is 6.91. The molecule has 0 saturated heterocycles. The normalized spacial score (nSPS) is 10.5. The van der Waals surface area contributed by atoms with Gasteiger partial charge in [0.2, 0.25) is 5.91 Å². The van der Waals surface area contributed by atoms with Crippen molar-refractivity contribution in [2.24, 2.45) is 5.92 Å². The molecule has 3 N–H and O–H groups in total. The Morgan fingerprint density at radius 3 is 2.53 bits per heavy atom. The van der Waals surface area contributed by atoms with E-state index in [0.717, 1.165) is 5.56 Å². The zero-order chi connectivity index (χ0) is 11.6. The third-order valence-electron chi connectivity index (χ3n) is 2.08. The van der Waals surface area contributed by atoms with Crippen molar-refractivity contribution in [2.45, 2.75) is 20.8 Å². The van der Waals surface area contributed by atoms with Gasteiger partial charge in [-0.3, -0.25) is 4.79 Å². The van der Waals surface area contributed by atoms with Crippen LogP contribution in [0.15, 0.2) is 12.1 Å². The van der Waals surface area contributed by atoms with E-state index in [1.165, 1.54) is 0 Å². The topological polar surface area (TPSA) is 55.1 Å². The fraction of sp³-hybridized carbons (Fsp3) is 0.364. The van der Waals surface area contributed by atoms with Crippen LogP contribution in [0.2, 0.25) is 5.02 Å². The first-order valence-corrected chi connectivity index (χ1v) is 5.16. The maximum absolute atomic E-state index is 11.5. The summed E-state index contributed by atoms with van der Waals surface area (Å²) in [5.41, 5.74) is 7.73. The Hall–Kier alpha value is -1.22. The number of halogens is 1. The van der Waals surface area contributed by atoms with Crippen LogP contribution in [0.1, 0.15) is 19.4 Å². The van der Waals surface area contributed by atoms with Crippen molar-refractivity contribution in [3.63, 3.8) is 0 Å². The highest BCUT2D eigenvalue weighted by Gasteiger charge is 2.11. The van der Waals surface area contributed by atoms with Gasteiger partial charge in [0.1, 0.15) is 0 Å². The molecule has 4 heteroatoms. The summed E-state index contributed by atoms with van der Waals surface area (Å²) in [6, 6.07) is 3.41. The summed E-state index contributed by atoms with van der Waals surface area (Å²) in [5.74, 6) is -0.122. The third-order valence-corrected chi connectivity index (χ3v) is 2.38. The molecule has 0 aromatic heterocycles. The van der Waals surface area contributed by atoms with Crippen molar-refractivity contribution in [3.8, 4) is 0 Å². The lowest BCUT2D eigenvalue weighted by Crippen LogP contribution is -2.18. The number of amides is 1. The van der Waals surface area contributed by atoms with Gasteiger partial charge in [0.15, 0.2) is 0 Å². The van der Waals surface area contributed by atoms with Crippen molar-refractivity contribution in [2.75, 3.05) is 11.1 Å². The van der Waals surface area contributed by atoms with Crippen LogP contribution in [0.4, 0.5) is 11.4 Å². The molecule has 0 aliphatic heterocycles. The molecule has 0 atom stereocenters. The Morgan fingerprint density at radius 1 is 1.47 bits per heavy atom. The number of aryl methyl sites for hydroxylation is 1. The van der Waals surface area contributed by atoms with E-state index in [1.807, 2.05) is 20.8 Å². The molecule has 82 valence electrons. The number of hydrogen-bond donors (Lipinski definition) is 2. The average Bonchev–Trinajstić information content (AvgIpc) is 2.10. The van der Waals surface area contributed by atoms with Gasteiger partial charge in [0.25, 0.3) is 0 Å². The summed E-state index contributed by atoms with van der Waals surface area (Å²) in [6.07, 6.45) is 0. The highest BCUT2D eigenvalue weighted by molar-refractivity contribution is 6.34. The predicted molar refractivity (Wildman–Crippen MR) is 64.1 cm³/mol. The second-order valence-corrected chi connectivity index (χ2v) is 4.25. The van der Waals surface area contributed by atoms with Crippen LogP contribution in [-0.2, 0) is 4.79 Å². The fourth-order valence-electron chi connectivity index (χ4n) is 1.20. The molecule has 0 heterocycles. The van der Waals surface area contributed by atoms with Crippen LogP contribution in [0.3, 0.4) is 0 Å². The van der Waals surface area contributed by atoms with E-state index < -0.39 is 0 Å². The molecule has 1 rings (SSSR count). The van der Waals surface area contributed by atoms with Gasteiger partial charge in [-0.15, -0.1) is 0 Å². The van der Waals surface area contributed by atoms with Crippen molar-refractivity contribution in [3.05, 3.63) is 22.7 Å². The van der Waals surface area contributed by atoms with Crippen LogP contribution in [-0.4, -0.2) is 5.91 Å². The van der Waals surface area contributed by atoms with Crippen molar-refractivity contribution >= 4 is 28.9 Å². The maximum atomic E-state index is 11.5. The molecule has 0 saturated carbocycles. The van der Waals surface area contributed by atoms with E-state index >= 15 is 0 Å². The van der Waals surface area contributed by atoms with Gasteiger partial charge in [-0.25, -0.2) is 0 Å². The summed E-state index contributed by atoms with van der Waals surface area (Å²) in [7, 11) is 0. The first-order valence-electron chi connectivity index (χ1n) is 4.78. The fourth-order valence-corrected chi connectivity index (χ4v) is 1.52. The Balaban J connectivity index is 3.00. The van der Waals surface area contributed by atoms with E-state index in [1.54, 1.807) is 12.1 Å². The molecule has 0 spiro atoms. The summed E-state index contributed by atoms with van der Waals surface area (Å²) in [6.45, 7) is 5.52. The number of rotatable bonds is 2. The minimum Gasteiger partial charge on any atom is -0.399 e. The third kappa shape index (κ3) is 2.86. The zero-order valence-electron chi connectivity index (χ0n) is 9.10. The first kappa shape index (κ1) is 11.9. The smallest absolute Gasteiger partial charge is 0.226 e. The van der Waals surface area contributed by atoms with Gasteiger partial charge in [0, 0.05) is 11.6 Å². The standard InChI is InChI=1S/C11H15ClN2O/c1-6(2)11(15)14-10-7(3)4-8(13)5-9(10)12/h4-6H,13H2,1-3H3,(H,14,15). The number of nitrogen functional groups attached to an aromatic ring is 1. The molecule has 3 nitrogen and oxygen atoms in total. The molecule has 0 bridgehead atoms. The van der Waals surface area contributed by atoms with Gasteiger partial charge in [-0.05, 0) is 24.6 Å². The van der Waals surface area contributed by atoms with Crippen molar-refractivity contribution in [1.29, 1.82) is 0 Å². The molecule has 15 heavy (non-hydrogen) atoms. The molecule has 1 aromatic rings. The van der Waals surface area contributed by atoms with Crippen LogP contribution in [0.25, 0.3) is 0 Å². The number of hydrogen-bond acceptors (Lipinski definition) is 2. The number of carbonyl (C=O) groups is 1. The molecule has 1 aromatic carbocycles. The second-order valence-electron chi connectivity index (χ2n) is 3.84. The Labute approximate surface area is 94.6 Å². The largest absolute Gasteiger partial charge is 0.399 e. The molecular formula is C11H15ClN2O. The van der Waals surface area contributed by atoms with Crippen LogP contribution in [0.5, 0.6) is 0 Å². The van der Waals surface area contributed by atoms with E-state index in [-0.39, 0.29) is 11.8 Å². The van der Waals surface area contributed by atoms with Gasteiger partial charge in [-0.2, -0.15) is 0 Å². The Morgan fingerprint density at radius 2 is 2.07 bits per heavy atom. The zero-order valence-corrected chi connectivity index (χ0v) is 9.85. The lowest BCUT2D eigenvalue weighted by Gasteiger charge is -2.12. The molecule has 0 unspecified atom stereocenters. The second kappa shape index (κ2) is 4.53. The highest BCUT2D eigenvalue weighted by atomic mass is 35.5. The van der Waals surface area contributed by atoms with Gasteiger partial charge >= 0.3 is 0 Å². The molecule has 1 amide bonds. The molecular weight excluding hydrogens is 212 g/mol. The number of nitrogens with one attached hydrogen (secondary N) is 1. The SMILES string of the molecule is Cc1cc(N)cc(Cl)c1NC(=O)C(C)C. The van der Waals surface area contributed by atoms with E-state index in [9.17, 15) is 4.79 Å². The molecule has 0 fully saturated rings. The number of carbonyl (C=O) groups excluding carboxylic acids is 1. The molecule has 0 radical (unpaired) electrons. The quantitative estimate of drug-likeness (QED) is 0.762. The van der Waals surface area contributed by atoms with Crippen LogP contribution in [0, 0.1) is 12.8 Å². The van der Waals surface area contributed by atoms with Gasteiger partial charge < -0.3 is 11.1 Å². The lowest BCUT2D eigenvalue weighted by molar-refractivity contribution is -0.118. The summed E-state index contributed by atoms with van der Waals surface area (Å²) >= 11 is 5.99. The Kier molecular flexibility index (Phi) is 3.58. The maximum Gasteiger partial charge on any atom is 0.226 e. The Bertz CT molecular complexity index is 365. The van der Waals surface area contributed by atoms with Crippen molar-refractivity contribution < 1.29 is 4.79 Å². The van der Waals surface area contributed by atoms with Crippen molar-refractivity contribution in [1.82, 2.24) is 0 Å². The number of nitrogens with two attached hydrogens (primary N) is 1. The minimum atomic E-state index is -0.0713. The summed E-state index contributed by atoms with van der Waals surface area (Å²) in [4.78, 5) is 11.5. The van der Waals surface area contributed by atoms with E-state index in [4.69, 9.17) is 17.3 Å². The van der Waals surface area contributed by atoms with Crippen LogP contribution >= 0.6 is 11.6 Å². The van der Waals surface area contributed by atoms with Crippen LogP contribution < -0.4 is 11.1 Å². The molecule has 0 aliphatic rings. The monoisotopic (exact) mass is 226 g/mol. The number of anilines is 2. The summed E-state index contributed by atoms with van der Waals surface area (Å²) in [5, 5.41) is 3.25. The summed E-state index contributed by atoms with van der Waals surface area (Å²) < 4.78 is 0. The minimum absolute atomic E-state index is 0.0511.